The summed E-state index contributed by atoms with van der Waals surface area (Å²) in [5, 5.41) is 10.3. The number of amides is 1. The van der Waals surface area contributed by atoms with Crippen LogP contribution in [-0.2, 0) is 4.79 Å². The van der Waals surface area contributed by atoms with Crippen LogP contribution >= 0.6 is 0 Å². The Morgan fingerprint density at radius 2 is 1.59 bits per heavy atom. The lowest BCUT2D eigenvalue weighted by molar-refractivity contribution is -0.140. The lowest BCUT2D eigenvalue weighted by atomic mass is 9.91. The van der Waals surface area contributed by atoms with Crippen LogP contribution in [0.2, 0.25) is 0 Å². The Balaban J connectivity index is 1.55. The molecule has 4 rings (SSSR count). The smallest absolute Gasteiger partial charge is 0.243 e. The average molecular weight is 306 g/mol. The average Bonchev–Trinajstić information content (AvgIpc) is 3.22. The van der Waals surface area contributed by atoms with E-state index in [4.69, 9.17) is 0 Å². The van der Waals surface area contributed by atoms with Crippen molar-refractivity contribution in [3.63, 3.8) is 0 Å². The molecule has 2 aliphatic heterocycles. The van der Waals surface area contributed by atoms with Gasteiger partial charge >= 0.3 is 0 Å². The Bertz CT molecular complexity index is 429. The molecule has 0 aromatic heterocycles. The highest BCUT2D eigenvalue weighted by Crippen LogP contribution is 2.44. The predicted octanol–water partition coefficient (Wildman–Crippen LogP) is 2.30. The molecule has 1 spiro atoms. The van der Waals surface area contributed by atoms with E-state index in [1.807, 2.05) is 0 Å². The minimum atomic E-state index is -0.355. The minimum Gasteiger partial charge on any atom is -0.392 e. The van der Waals surface area contributed by atoms with Crippen LogP contribution in [0.15, 0.2) is 0 Å². The molecule has 1 N–H and O–H groups in total. The number of hydrogen-bond donors (Lipinski definition) is 1. The molecular weight excluding hydrogens is 276 g/mol. The maximum absolute atomic E-state index is 13.3. The van der Waals surface area contributed by atoms with Gasteiger partial charge in [0.05, 0.1) is 6.10 Å². The van der Waals surface area contributed by atoms with Gasteiger partial charge in [-0.1, -0.05) is 32.1 Å². The van der Waals surface area contributed by atoms with E-state index in [-0.39, 0.29) is 11.6 Å². The van der Waals surface area contributed by atoms with Crippen LogP contribution in [0, 0.1) is 0 Å². The molecule has 0 bridgehead atoms. The van der Waals surface area contributed by atoms with E-state index in [0.717, 1.165) is 19.5 Å². The molecule has 22 heavy (non-hydrogen) atoms. The Labute approximate surface area is 133 Å². The van der Waals surface area contributed by atoms with Gasteiger partial charge in [-0.05, 0) is 32.1 Å². The quantitative estimate of drug-likeness (QED) is 0.851. The van der Waals surface area contributed by atoms with Gasteiger partial charge in [0.25, 0.3) is 0 Å². The number of hydrogen-bond acceptors (Lipinski definition) is 3. The van der Waals surface area contributed by atoms with E-state index in [1.165, 1.54) is 57.8 Å². The minimum absolute atomic E-state index is 0.309. The molecule has 2 saturated heterocycles. The van der Waals surface area contributed by atoms with Gasteiger partial charge in [-0.15, -0.1) is 0 Å². The predicted molar refractivity (Wildman–Crippen MR) is 85.5 cm³/mol. The third-order valence-electron chi connectivity index (χ3n) is 6.74. The van der Waals surface area contributed by atoms with Crippen molar-refractivity contribution in [2.45, 2.75) is 94.4 Å². The second-order valence-corrected chi connectivity index (χ2v) is 8.02. The van der Waals surface area contributed by atoms with Gasteiger partial charge in [0.1, 0.15) is 5.54 Å². The second-order valence-electron chi connectivity index (χ2n) is 8.02. The molecule has 0 unspecified atom stereocenters. The molecule has 4 heteroatoms. The van der Waals surface area contributed by atoms with Gasteiger partial charge in [-0.25, -0.2) is 0 Å². The number of β-amino-alcohol motifs (C(OH)–C–C–N with tert-alkyl or cyclic N) is 1. The zero-order valence-corrected chi connectivity index (χ0v) is 13.7. The van der Waals surface area contributed by atoms with Gasteiger partial charge in [0, 0.05) is 31.6 Å². The lowest BCUT2D eigenvalue weighted by Gasteiger charge is -2.39. The summed E-state index contributed by atoms with van der Waals surface area (Å²) in [4.78, 5) is 17.9. The molecule has 2 atom stereocenters. The van der Waals surface area contributed by atoms with Crippen molar-refractivity contribution in [1.82, 2.24) is 9.80 Å². The van der Waals surface area contributed by atoms with Crippen LogP contribution in [0.4, 0.5) is 0 Å². The first-order valence-electron chi connectivity index (χ1n) is 9.46. The number of carbonyl (C=O) groups excluding carboxylic acids is 1. The van der Waals surface area contributed by atoms with Crippen LogP contribution < -0.4 is 0 Å². The molecule has 0 aromatic rings. The number of nitrogens with zero attached hydrogens (tertiary/aromatic N) is 2. The van der Waals surface area contributed by atoms with Gasteiger partial charge in [0.15, 0.2) is 0 Å². The fraction of sp³-hybridized carbons (Fsp3) is 0.944. The van der Waals surface area contributed by atoms with Crippen molar-refractivity contribution >= 4 is 5.91 Å². The number of carbonyl (C=O) groups is 1. The lowest BCUT2D eigenvalue weighted by Crippen LogP contribution is -2.55. The normalized spacial score (nSPS) is 38.7. The summed E-state index contributed by atoms with van der Waals surface area (Å²) < 4.78 is 0. The summed E-state index contributed by atoms with van der Waals surface area (Å²) in [6.45, 7) is 1.63. The Morgan fingerprint density at radius 1 is 0.955 bits per heavy atom. The highest BCUT2D eigenvalue weighted by molar-refractivity contribution is 5.89. The zero-order valence-electron chi connectivity index (χ0n) is 13.7. The van der Waals surface area contributed by atoms with Gasteiger partial charge in [-0.2, -0.15) is 0 Å². The molecule has 0 aromatic carbocycles. The summed E-state index contributed by atoms with van der Waals surface area (Å²) in [5.41, 5.74) is -0.355. The third-order valence-corrected chi connectivity index (χ3v) is 6.74. The molecule has 4 aliphatic rings. The summed E-state index contributed by atoms with van der Waals surface area (Å²) in [7, 11) is 0. The van der Waals surface area contributed by atoms with E-state index in [9.17, 15) is 9.90 Å². The highest BCUT2D eigenvalue weighted by atomic mass is 16.3. The molecule has 124 valence electrons. The number of aliphatic hydroxyl groups is 1. The largest absolute Gasteiger partial charge is 0.392 e. The fourth-order valence-corrected chi connectivity index (χ4v) is 5.67. The molecule has 4 fully saturated rings. The summed E-state index contributed by atoms with van der Waals surface area (Å²) in [6, 6.07) is 1.01. The Hall–Kier alpha value is -0.610. The fourth-order valence-electron chi connectivity index (χ4n) is 5.67. The zero-order chi connectivity index (χ0) is 15.2. The maximum atomic E-state index is 13.3. The number of rotatable bonds is 2. The van der Waals surface area contributed by atoms with Crippen LogP contribution in [0.5, 0.6) is 0 Å². The van der Waals surface area contributed by atoms with Gasteiger partial charge in [-0.3, -0.25) is 9.69 Å². The SMILES string of the molecule is O=C1N(C2CCCCC2)CC[C@]12C[C@@H](O)CN2C1CCCC1. The van der Waals surface area contributed by atoms with Gasteiger partial charge < -0.3 is 10.0 Å². The van der Waals surface area contributed by atoms with Crippen molar-refractivity contribution in [3.8, 4) is 0 Å². The van der Waals surface area contributed by atoms with Crippen LogP contribution in [0.1, 0.15) is 70.6 Å². The summed E-state index contributed by atoms with van der Waals surface area (Å²) in [6.07, 6.45) is 12.6. The summed E-state index contributed by atoms with van der Waals surface area (Å²) >= 11 is 0. The van der Waals surface area contributed by atoms with E-state index in [1.54, 1.807) is 0 Å². The summed E-state index contributed by atoms with van der Waals surface area (Å²) in [5.74, 6) is 0.350. The molecule has 2 aliphatic carbocycles. The van der Waals surface area contributed by atoms with E-state index in [0.29, 0.717) is 24.4 Å². The molecule has 4 nitrogen and oxygen atoms in total. The highest BCUT2D eigenvalue weighted by Gasteiger charge is 2.58. The van der Waals surface area contributed by atoms with Crippen molar-refractivity contribution < 1.29 is 9.90 Å². The maximum Gasteiger partial charge on any atom is 0.243 e. The molecule has 0 radical (unpaired) electrons. The van der Waals surface area contributed by atoms with E-state index in [2.05, 4.69) is 9.80 Å². The molecule has 2 heterocycles. The van der Waals surface area contributed by atoms with E-state index >= 15 is 0 Å². The van der Waals surface area contributed by atoms with Crippen molar-refractivity contribution in [2.75, 3.05) is 13.1 Å². The van der Waals surface area contributed by atoms with Crippen LogP contribution in [-0.4, -0.2) is 57.6 Å². The molecular formula is C18H30N2O2. The standard InChI is InChI=1S/C18H30N2O2/c21-16-12-18(20(13-16)15-8-4-5-9-15)10-11-19(17(18)22)14-6-2-1-3-7-14/h14-16,21H,1-13H2/t16-,18+/m1/s1. The number of aliphatic hydroxyl groups excluding tert-OH is 1. The third kappa shape index (κ3) is 2.30. The van der Waals surface area contributed by atoms with Gasteiger partial charge in [0.2, 0.25) is 5.91 Å². The first-order chi connectivity index (χ1) is 10.7. The molecule has 2 saturated carbocycles. The van der Waals surface area contributed by atoms with Crippen LogP contribution in [0.25, 0.3) is 0 Å². The Kier molecular flexibility index (Phi) is 3.93. The first-order valence-corrected chi connectivity index (χ1v) is 9.46. The van der Waals surface area contributed by atoms with E-state index < -0.39 is 0 Å². The van der Waals surface area contributed by atoms with Crippen molar-refractivity contribution in [1.29, 1.82) is 0 Å². The second kappa shape index (κ2) is 5.79. The molecule has 1 amide bonds. The first kappa shape index (κ1) is 14.9. The Morgan fingerprint density at radius 3 is 2.32 bits per heavy atom. The topological polar surface area (TPSA) is 43.8 Å². The van der Waals surface area contributed by atoms with Crippen LogP contribution in [0.3, 0.4) is 0 Å². The van der Waals surface area contributed by atoms with Crippen molar-refractivity contribution in [2.24, 2.45) is 0 Å². The van der Waals surface area contributed by atoms with Crippen molar-refractivity contribution in [3.05, 3.63) is 0 Å². The number of likely N-dealkylation sites (tertiary alicyclic amines) is 2. The monoisotopic (exact) mass is 306 g/mol.